The molecule has 2 nitrogen and oxygen atoms in total. The molecule has 2 aromatic rings. The zero-order valence-electron chi connectivity index (χ0n) is 8.89. The molecule has 0 unspecified atom stereocenters. The van der Waals surface area contributed by atoms with E-state index < -0.39 is 0 Å². The number of hydrogen-bond donors (Lipinski definition) is 1. The van der Waals surface area contributed by atoms with Crippen LogP contribution in [0.3, 0.4) is 0 Å². The average Bonchev–Trinajstić information content (AvgIpc) is 2.82. The summed E-state index contributed by atoms with van der Waals surface area (Å²) in [6.45, 7) is 0. The fraction of sp³-hybridized carbons (Fsp3) is 0. The minimum absolute atomic E-state index is 0.134. The van der Waals surface area contributed by atoms with Crippen molar-refractivity contribution in [2.45, 2.75) is 0 Å². The Bertz CT molecular complexity index is 534. The Morgan fingerprint density at radius 3 is 2.76 bits per heavy atom. The molecule has 1 heterocycles. The van der Waals surface area contributed by atoms with E-state index >= 15 is 0 Å². The summed E-state index contributed by atoms with van der Waals surface area (Å²) in [5, 5.41) is 4.78. The molecule has 0 fully saturated rings. The highest BCUT2D eigenvalue weighted by Crippen LogP contribution is 2.21. The SMILES string of the molecule is O=C(C=Cc1cccs1)Nc1ccccc1Br. The summed E-state index contributed by atoms with van der Waals surface area (Å²) in [4.78, 5) is 12.7. The molecule has 0 saturated carbocycles. The second-order valence-electron chi connectivity index (χ2n) is 3.32. The van der Waals surface area contributed by atoms with Gasteiger partial charge in [0.15, 0.2) is 0 Å². The van der Waals surface area contributed by atoms with Crippen LogP contribution in [0, 0.1) is 0 Å². The lowest BCUT2D eigenvalue weighted by atomic mass is 10.3. The van der Waals surface area contributed by atoms with Crippen LogP contribution in [0.4, 0.5) is 5.69 Å². The second-order valence-corrected chi connectivity index (χ2v) is 5.15. The van der Waals surface area contributed by atoms with E-state index in [1.54, 1.807) is 17.4 Å². The van der Waals surface area contributed by atoms with Crippen LogP contribution < -0.4 is 5.32 Å². The molecule has 4 heteroatoms. The number of nitrogens with one attached hydrogen (secondary N) is 1. The zero-order valence-corrected chi connectivity index (χ0v) is 11.3. The number of para-hydroxylation sites is 1. The first-order chi connectivity index (χ1) is 8.25. The number of carbonyl (C=O) groups excluding carboxylic acids is 1. The number of anilines is 1. The lowest BCUT2D eigenvalue weighted by molar-refractivity contribution is -0.111. The lowest BCUT2D eigenvalue weighted by Crippen LogP contribution is -2.07. The second kappa shape index (κ2) is 5.80. The van der Waals surface area contributed by atoms with Crippen molar-refractivity contribution < 1.29 is 4.79 Å². The van der Waals surface area contributed by atoms with Crippen LogP contribution in [0.1, 0.15) is 4.88 Å². The van der Waals surface area contributed by atoms with Gasteiger partial charge in [-0.05, 0) is 45.6 Å². The summed E-state index contributed by atoms with van der Waals surface area (Å²) in [5.41, 5.74) is 0.772. The van der Waals surface area contributed by atoms with E-state index in [4.69, 9.17) is 0 Å². The van der Waals surface area contributed by atoms with Gasteiger partial charge >= 0.3 is 0 Å². The maximum absolute atomic E-state index is 11.6. The largest absolute Gasteiger partial charge is 0.321 e. The third kappa shape index (κ3) is 3.54. The molecule has 0 aliphatic rings. The van der Waals surface area contributed by atoms with Crippen LogP contribution in [0.2, 0.25) is 0 Å². The third-order valence-electron chi connectivity index (χ3n) is 2.07. The first-order valence-corrected chi connectivity index (χ1v) is 6.70. The van der Waals surface area contributed by atoms with Crippen LogP contribution in [0.25, 0.3) is 6.08 Å². The number of hydrogen-bond acceptors (Lipinski definition) is 2. The Morgan fingerprint density at radius 1 is 1.24 bits per heavy atom. The molecular weight excluding hydrogens is 298 g/mol. The molecule has 86 valence electrons. The monoisotopic (exact) mass is 307 g/mol. The summed E-state index contributed by atoms with van der Waals surface area (Å²) < 4.78 is 0.873. The van der Waals surface area contributed by atoms with Crippen molar-refractivity contribution in [2.75, 3.05) is 5.32 Å². The Morgan fingerprint density at radius 2 is 2.06 bits per heavy atom. The predicted molar refractivity (Wildman–Crippen MR) is 76.1 cm³/mol. The van der Waals surface area contributed by atoms with Gasteiger partial charge < -0.3 is 5.32 Å². The highest BCUT2D eigenvalue weighted by atomic mass is 79.9. The molecule has 0 aliphatic heterocycles. The van der Waals surface area contributed by atoms with Crippen LogP contribution in [-0.4, -0.2) is 5.91 Å². The highest BCUT2D eigenvalue weighted by Gasteiger charge is 2.01. The van der Waals surface area contributed by atoms with E-state index in [0.29, 0.717) is 0 Å². The average molecular weight is 308 g/mol. The summed E-state index contributed by atoms with van der Waals surface area (Å²) in [5.74, 6) is -0.134. The Kier molecular flexibility index (Phi) is 4.12. The normalized spacial score (nSPS) is 10.6. The molecule has 1 N–H and O–H groups in total. The third-order valence-corrected chi connectivity index (χ3v) is 3.60. The quantitative estimate of drug-likeness (QED) is 0.848. The molecule has 0 atom stereocenters. The van der Waals surface area contributed by atoms with E-state index in [1.807, 2.05) is 41.8 Å². The molecule has 1 aromatic carbocycles. The van der Waals surface area contributed by atoms with Crippen molar-refractivity contribution >= 4 is 44.9 Å². The molecule has 0 aliphatic carbocycles. The minimum atomic E-state index is -0.134. The predicted octanol–water partition coefficient (Wildman–Crippen LogP) is 4.16. The number of thiophene rings is 1. The van der Waals surface area contributed by atoms with E-state index in [2.05, 4.69) is 21.2 Å². The Labute approximate surface area is 112 Å². The first kappa shape index (κ1) is 12.1. The van der Waals surface area contributed by atoms with Gasteiger partial charge in [0.05, 0.1) is 5.69 Å². The van der Waals surface area contributed by atoms with E-state index in [1.165, 1.54) is 6.08 Å². The number of halogens is 1. The van der Waals surface area contributed by atoms with Gasteiger partial charge in [0.25, 0.3) is 0 Å². The van der Waals surface area contributed by atoms with Gasteiger partial charge in [-0.25, -0.2) is 0 Å². The lowest BCUT2D eigenvalue weighted by Gasteiger charge is -2.03. The van der Waals surface area contributed by atoms with Gasteiger partial charge in [-0.2, -0.15) is 0 Å². The Balaban J connectivity index is 2.01. The zero-order chi connectivity index (χ0) is 12.1. The van der Waals surface area contributed by atoms with Crippen molar-refractivity contribution in [3.63, 3.8) is 0 Å². The van der Waals surface area contributed by atoms with E-state index in [0.717, 1.165) is 15.0 Å². The minimum Gasteiger partial charge on any atom is -0.321 e. The highest BCUT2D eigenvalue weighted by molar-refractivity contribution is 9.10. The summed E-state index contributed by atoms with van der Waals surface area (Å²) in [6, 6.07) is 11.4. The summed E-state index contributed by atoms with van der Waals surface area (Å²) in [7, 11) is 0. The van der Waals surface area contributed by atoms with E-state index in [-0.39, 0.29) is 5.91 Å². The summed E-state index contributed by atoms with van der Waals surface area (Å²) in [6.07, 6.45) is 3.34. The van der Waals surface area contributed by atoms with Crippen molar-refractivity contribution in [2.24, 2.45) is 0 Å². The van der Waals surface area contributed by atoms with Crippen molar-refractivity contribution in [3.8, 4) is 0 Å². The number of benzene rings is 1. The summed E-state index contributed by atoms with van der Waals surface area (Å²) >= 11 is 4.98. The molecule has 1 aromatic heterocycles. The van der Waals surface area contributed by atoms with Crippen molar-refractivity contribution in [3.05, 3.63) is 57.2 Å². The van der Waals surface area contributed by atoms with E-state index in [9.17, 15) is 4.79 Å². The van der Waals surface area contributed by atoms with Gasteiger partial charge in [-0.15, -0.1) is 11.3 Å². The Hall–Kier alpha value is -1.39. The molecule has 2 rings (SSSR count). The van der Waals surface area contributed by atoms with Gasteiger partial charge in [0.1, 0.15) is 0 Å². The molecule has 0 radical (unpaired) electrons. The number of rotatable bonds is 3. The van der Waals surface area contributed by atoms with Gasteiger partial charge in [0, 0.05) is 15.4 Å². The first-order valence-electron chi connectivity index (χ1n) is 5.03. The molecular formula is C13H10BrNOS. The van der Waals surface area contributed by atoms with Crippen molar-refractivity contribution in [1.82, 2.24) is 0 Å². The molecule has 0 bridgehead atoms. The molecule has 1 amide bonds. The topological polar surface area (TPSA) is 29.1 Å². The maximum atomic E-state index is 11.6. The van der Waals surface area contributed by atoms with Crippen molar-refractivity contribution in [1.29, 1.82) is 0 Å². The molecule has 0 spiro atoms. The standard InChI is InChI=1S/C13H10BrNOS/c14-11-5-1-2-6-12(11)15-13(16)8-7-10-4-3-9-17-10/h1-9H,(H,15,16). The smallest absolute Gasteiger partial charge is 0.248 e. The van der Waals surface area contributed by atoms with Crippen LogP contribution >= 0.6 is 27.3 Å². The van der Waals surface area contributed by atoms with Gasteiger partial charge in [0.2, 0.25) is 5.91 Å². The van der Waals surface area contributed by atoms with Crippen LogP contribution in [0.5, 0.6) is 0 Å². The molecule has 0 saturated heterocycles. The van der Waals surface area contributed by atoms with Gasteiger partial charge in [-0.1, -0.05) is 18.2 Å². The number of amides is 1. The van der Waals surface area contributed by atoms with Gasteiger partial charge in [-0.3, -0.25) is 4.79 Å². The maximum Gasteiger partial charge on any atom is 0.248 e. The number of carbonyl (C=O) groups is 1. The molecule has 17 heavy (non-hydrogen) atoms. The van der Waals surface area contributed by atoms with Crippen LogP contribution in [-0.2, 0) is 4.79 Å². The fourth-order valence-corrected chi connectivity index (χ4v) is 2.28. The fourth-order valence-electron chi connectivity index (χ4n) is 1.28. The van der Waals surface area contributed by atoms with Crippen LogP contribution in [0.15, 0.2) is 52.3 Å².